The van der Waals surface area contributed by atoms with Crippen LogP contribution in [0.25, 0.3) is 11.1 Å². The SMILES string of the molecule is CCOc1cncc(-c2ccc(NC(=O)C(C)(C)c3csc(NS(=O)C4CC4)n3)c(F)c2)c1. The van der Waals surface area contributed by atoms with Gasteiger partial charge in [-0.1, -0.05) is 6.07 Å². The third kappa shape index (κ3) is 5.39. The van der Waals surface area contributed by atoms with Crippen LogP contribution in [0.5, 0.6) is 5.75 Å². The van der Waals surface area contributed by atoms with E-state index in [9.17, 15) is 13.4 Å². The molecule has 2 aromatic heterocycles. The molecule has 7 nitrogen and oxygen atoms in total. The number of benzene rings is 1. The maximum absolute atomic E-state index is 14.8. The molecule has 10 heteroatoms. The quantitative estimate of drug-likeness (QED) is 0.447. The highest BCUT2D eigenvalue weighted by Gasteiger charge is 2.34. The Kier molecular flexibility index (Phi) is 6.76. The van der Waals surface area contributed by atoms with E-state index in [1.807, 2.05) is 6.92 Å². The first-order valence-electron chi connectivity index (χ1n) is 10.6. The fourth-order valence-electron chi connectivity index (χ4n) is 3.07. The lowest BCUT2D eigenvalue weighted by Gasteiger charge is -2.22. The summed E-state index contributed by atoms with van der Waals surface area (Å²) in [5, 5.41) is 5.11. The van der Waals surface area contributed by atoms with E-state index in [0.29, 0.717) is 34.3 Å². The van der Waals surface area contributed by atoms with Gasteiger partial charge in [0.2, 0.25) is 5.91 Å². The molecule has 4 rings (SSSR count). The largest absolute Gasteiger partial charge is 0.492 e. The Morgan fingerprint density at radius 3 is 2.76 bits per heavy atom. The van der Waals surface area contributed by atoms with Crippen molar-refractivity contribution in [2.45, 2.75) is 44.3 Å². The van der Waals surface area contributed by atoms with Crippen LogP contribution in [0, 0.1) is 5.82 Å². The Morgan fingerprint density at radius 1 is 1.27 bits per heavy atom. The van der Waals surface area contributed by atoms with Crippen molar-refractivity contribution in [3.63, 3.8) is 0 Å². The summed E-state index contributed by atoms with van der Waals surface area (Å²) in [6.45, 7) is 5.82. The van der Waals surface area contributed by atoms with Crippen molar-refractivity contribution in [3.05, 3.63) is 53.6 Å². The Labute approximate surface area is 198 Å². The van der Waals surface area contributed by atoms with Gasteiger partial charge in [0.05, 0.1) is 34.8 Å². The van der Waals surface area contributed by atoms with Crippen LogP contribution in [-0.2, 0) is 21.2 Å². The summed E-state index contributed by atoms with van der Waals surface area (Å²) in [4.78, 5) is 21.6. The van der Waals surface area contributed by atoms with Crippen LogP contribution in [0.15, 0.2) is 42.0 Å². The van der Waals surface area contributed by atoms with Gasteiger partial charge in [0.1, 0.15) is 22.6 Å². The minimum atomic E-state index is -1.16. The molecular weight excluding hydrogens is 463 g/mol. The molecule has 1 amide bonds. The lowest BCUT2D eigenvalue weighted by molar-refractivity contribution is -0.120. The van der Waals surface area contributed by atoms with E-state index in [4.69, 9.17) is 4.74 Å². The molecule has 0 spiro atoms. The Bertz CT molecular complexity index is 1190. The van der Waals surface area contributed by atoms with Crippen molar-refractivity contribution in [2.24, 2.45) is 0 Å². The van der Waals surface area contributed by atoms with E-state index in [0.717, 1.165) is 12.8 Å². The third-order valence-corrected chi connectivity index (χ3v) is 7.66. The molecule has 2 N–H and O–H groups in total. The van der Waals surface area contributed by atoms with Gasteiger partial charge >= 0.3 is 0 Å². The van der Waals surface area contributed by atoms with Gasteiger partial charge in [-0.25, -0.2) is 13.6 Å². The minimum absolute atomic E-state index is 0.0779. The first-order valence-corrected chi connectivity index (χ1v) is 12.7. The van der Waals surface area contributed by atoms with Crippen LogP contribution in [0.4, 0.5) is 15.2 Å². The van der Waals surface area contributed by atoms with E-state index in [1.54, 1.807) is 43.8 Å². The molecule has 174 valence electrons. The van der Waals surface area contributed by atoms with Crippen molar-refractivity contribution >= 4 is 39.0 Å². The minimum Gasteiger partial charge on any atom is -0.492 e. The number of halogens is 1. The Morgan fingerprint density at radius 2 is 2.06 bits per heavy atom. The monoisotopic (exact) mass is 488 g/mol. The topological polar surface area (TPSA) is 93.2 Å². The molecule has 0 aliphatic heterocycles. The van der Waals surface area contributed by atoms with Gasteiger partial charge in [0.25, 0.3) is 0 Å². The highest BCUT2D eigenvalue weighted by molar-refractivity contribution is 7.87. The van der Waals surface area contributed by atoms with Crippen LogP contribution >= 0.6 is 11.3 Å². The zero-order valence-electron chi connectivity index (χ0n) is 18.6. The summed E-state index contributed by atoms with van der Waals surface area (Å²) in [6.07, 6.45) is 5.13. The van der Waals surface area contributed by atoms with Gasteiger partial charge in [-0.15, -0.1) is 11.3 Å². The highest BCUT2D eigenvalue weighted by Crippen LogP contribution is 2.32. The van der Waals surface area contributed by atoms with Gasteiger partial charge < -0.3 is 10.1 Å². The van der Waals surface area contributed by atoms with E-state index >= 15 is 0 Å². The summed E-state index contributed by atoms with van der Waals surface area (Å²) in [6, 6.07) is 6.39. The average molecular weight is 489 g/mol. The number of carbonyl (C=O) groups excluding carboxylic acids is 1. The van der Waals surface area contributed by atoms with E-state index in [2.05, 4.69) is 20.0 Å². The molecule has 1 aliphatic carbocycles. The molecule has 2 heterocycles. The lowest BCUT2D eigenvalue weighted by atomic mass is 9.89. The number of hydrogen-bond donors (Lipinski definition) is 2. The second-order valence-corrected chi connectivity index (χ2v) is 10.6. The van der Waals surface area contributed by atoms with E-state index in [1.165, 1.54) is 23.5 Å². The normalized spacial score (nSPS) is 14.5. The molecule has 0 radical (unpaired) electrons. The number of thiazole rings is 1. The number of amides is 1. The summed E-state index contributed by atoms with van der Waals surface area (Å²) in [5.41, 5.74) is 0.922. The summed E-state index contributed by atoms with van der Waals surface area (Å²) in [7, 11) is -1.16. The predicted molar refractivity (Wildman–Crippen MR) is 129 cm³/mol. The Hall–Kier alpha value is -2.85. The zero-order chi connectivity index (χ0) is 23.6. The molecule has 1 atom stereocenters. The number of pyridine rings is 1. The smallest absolute Gasteiger partial charge is 0.236 e. The second kappa shape index (κ2) is 9.56. The van der Waals surface area contributed by atoms with Crippen LogP contribution in [-0.4, -0.2) is 31.9 Å². The third-order valence-electron chi connectivity index (χ3n) is 5.30. The predicted octanol–water partition coefficient (Wildman–Crippen LogP) is 4.90. The van der Waals surface area contributed by atoms with Crippen LogP contribution in [0.3, 0.4) is 0 Å². The fourth-order valence-corrected chi connectivity index (χ4v) is 5.18. The number of hydrogen-bond acceptors (Lipinski definition) is 6. The molecule has 3 aromatic rings. The van der Waals surface area contributed by atoms with Crippen molar-refractivity contribution < 1.29 is 18.1 Å². The van der Waals surface area contributed by atoms with Gasteiger partial charge in [0, 0.05) is 17.1 Å². The molecule has 33 heavy (non-hydrogen) atoms. The van der Waals surface area contributed by atoms with Crippen molar-refractivity contribution in [3.8, 4) is 16.9 Å². The van der Waals surface area contributed by atoms with Gasteiger partial charge in [-0.05, 0) is 57.4 Å². The summed E-state index contributed by atoms with van der Waals surface area (Å²) in [5.74, 6) is -0.346. The molecule has 0 bridgehead atoms. The molecule has 0 saturated heterocycles. The van der Waals surface area contributed by atoms with Crippen molar-refractivity contribution in [2.75, 3.05) is 16.6 Å². The Balaban J connectivity index is 1.46. The van der Waals surface area contributed by atoms with Crippen molar-refractivity contribution in [1.82, 2.24) is 9.97 Å². The molecule has 1 unspecified atom stereocenters. The molecule has 1 aromatic carbocycles. The first-order chi connectivity index (χ1) is 15.8. The molecule has 1 saturated carbocycles. The number of nitrogens with one attached hydrogen (secondary N) is 2. The summed E-state index contributed by atoms with van der Waals surface area (Å²) >= 11 is 1.30. The second-order valence-electron chi connectivity index (χ2n) is 8.25. The standard InChI is InChI=1S/C23H25FN4O3S2/c1-4-31-16-9-15(11-25-12-16)14-5-8-19(18(24)10-14)26-21(29)23(2,3)20-13-32-22(27-20)28-33(30)17-6-7-17/h5,8-13,17H,4,6-7H2,1-3H3,(H,26,29)(H,27,28). The maximum atomic E-state index is 14.8. The number of ether oxygens (including phenoxy) is 1. The maximum Gasteiger partial charge on any atom is 0.236 e. The molecular formula is C23H25FN4O3S2. The number of carbonyl (C=O) groups is 1. The number of rotatable bonds is 9. The lowest BCUT2D eigenvalue weighted by Crippen LogP contribution is -2.35. The van der Waals surface area contributed by atoms with Gasteiger partial charge in [-0.3, -0.25) is 14.5 Å². The van der Waals surface area contributed by atoms with E-state index in [-0.39, 0.29) is 10.9 Å². The van der Waals surface area contributed by atoms with Gasteiger partial charge in [-0.2, -0.15) is 0 Å². The molecule has 1 aliphatic rings. The molecule has 1 fully saturated rings. The van der Waals surface area contributed by atoms with Gasteiger partial charge in [0.15, 0.2) is 5.13 Å². The first kappa shape index (κ1) is 23.3. The summed E-state index contributed by atoms with van der Waals surface area (Å²) < 4.78 is 35.3. The fraction of sp³-hybridized carbons (Fsp3) is 0.348. The van der Waals surface area contributed by atoms with E-state index < -0.39 is 28.1 Å². The number of nitrogens with zero attached hydrogens (tertiary/aromatic N) is 2. The van der Waals surface area contributed by atoms with Crippen LogP contribution in [0.2, 0.25) is 0 Å². The van der Waals surface area contributed by atoms with Crippen molar-refractivity contribution in [1.29, 1.82) is 0 Å². The van der Waals surface area contributed by atoms with Crippen LogP contribution < -0.4 is 14.8 Å². The van der Waals surface area contributed by atoms with Crippen LogP contribution in [0.1, 0.15) is 39.3 Å². The number of aromatic nitrogens is 2. The highest BCUT2D eigenvalue weighted by atomic mass is 32.2. The average Bonchev–Trinajstić information content (AvgIpc) is 3.54. The number of anilines is 2. The zero-order valence-corrected chi connectivity index (χ0v) is 20.2.